The second kappa shape index (κ2) is 9.53. The number of nitrogens with zero attached hydrogens (tertiary/aromatic N) is 2. The summed E-state index contributed by atoms with van der Waals surface area (Å²) in [7, 11) is 0. The average molecular weight is 426 g/mol. The number of nitro groups is 1. The van der Waals surface area contributed by atoms with E-state index in [0.717, 1.165) is 17.8 Å². The van der Waals surface area contributed by atoms with Gasteiger partial charge in [-0.3, -0.25) is 14.9 Å². The molecule has 3 rings (SSSR count). The van der Waals surface area contributed by atoms with Crippen molar-refractivity contribution < 1.29 is 19.6 Å². The molecule has 9 heteroatoms. The number of amides is 1. The number of non-ortho nitro benzene ring substituents is 1. The number of ether oxygens (including phenoxy) is 1. The summed E-state index contributed by atoms with van der Waals surface area (Å²) in [5.74, 6) is -0.0901. The van der Waals surface area contributed by atoms with E-state index in [2.05, 4.69) is 10.5 Å². The number of carbonyl (C=O) groups is 1. The molecule has 2 N–H and O–H groups in total. The molecular formula is C21H16ClN3O5. The van der Waals surface area contributed by atoms with Gasteiger partial charge in [0.05, 0.1) is 11.1 Å². The van der Waals surface area contributed by atoms with E-state index in [-0.39, 0.29) is 17.0 Å². The van der Waals surface area contributed by atoms with Crippen molar-refractivity contribution >= 4 is 29.4 Å². The monoisotopic (exact) mass is 425 g/mol. The number of nitrogens with one attached hydrogen (secondary N) is 1. The Kier molecular flexibility index (Phi) is 6.61. The Hall–Kier alpha value is -3.91. The lowest BCUT2D eigenvalue weighted by Gasteiger charge is -2.07. The predicted octanol–water partition coefficient (Wildman–Crippen LogP) is 4.30. The minimum absolute atomic E-state index is 0.107. The van der Waals surface area contributed by atoms with Crippen LogP contribution in [0.15, 0.2) is 71.8 Å². The van der Waals surface area contributed by atoms with E-state index in [1.165, 1.54) is 12.1 Å². The van der Waals surface area contributed by atoms with E-state index in [1.807, 2.05) is 12.1 Å². The SMILES string of the molecule is O=C(N/N=C/c1cc([N+](=O)[O-])ccc1O)c1ccc(OCc2ccc(Cl)cc2)cc1. The number of benzene rings is 3. The predicted molar refractivity (Wildman–Crippen MR) is 112 cm³/mol. The van der Waals surface area contributed by atoms with Gasteiger partial charge in [-0.1, -0.05) is 23.7 Å². The normalized spacial score (nSPS) is 10.7. The van der Waals surface area contributed by atoms with Crippen LogP contribution in [0.1, 0.15) is 21.5 Å². The summed E-state index contributed by atoms with van der Waals surface area (Å²) in [6.45, 7) is 0.361. The van der Waals surface area contributed by atoms with E-state index in [4.69, 9.17) is 16.3 Å². The fraction of sp³-hybridized carbons (Fsp3) is 0.0476. The largest absolute Gasteiger partial charge is 0.507 e. The first kappa shape index (κ1) is 20.8. The van der Waals surface area contributed by atoms with Crippen LogP contribution in [0.5, 0.6) is 11.5 Å². The number of aromatic hydroxyl groups is 1. The molecule has 0 unspecified atom stereocenters. The second-order valence-corrected chi connectivity index (χ2v) is 6.58. The molecule has 0 spiro atoms. The zero-order valence-electron chi connectivity index (χ0n) is 15.5. The first-order valence-electron chi connectivity index (χ1n) is 8.70. The van der Waals surface area contributed by atoms with Crippen LogP contribution >= 0.6 is 11.6 Å². The van der Waals surface area contributed by atoms with Gasteiger partial charge in [-0.15, -0.1) is 0 Å². The number of halogens is 1. The molecule has 0 fully saturated rings. The van der Waals surface area contributed by atoms with E-state index in [1.54, 1.807) is 36.4 Å². The molecule has 0 radical (unpaired) electrons. The van der Waals surface area contributed by atoms with Crippen LogP contribution in [0.2, 0.25) is 5.02 Å². The fourth-order valence-corrected chi connectivity index (χ4v) is 2.56. The van der Waals surface area contributed by atoms with Crippen LogP contribution in [0.4, 0.5) is 5.69 Å². The Morgan fingerprint density at radius 3 is 2.50 bits per heavy atom. The maximum absolute atomic E-state index is 12.2. The standard InChI is InChI=1S/C21H16ClN3O5/c22-17-5-1-14(2-6-17)13-30-19-8-3-15(4-9-19)21(27)24-23-12-16-11-18(25(28)29)7-10-20(16)26/h1-12,26H,13H2,(H,24,27)/b23-12+. The van der Waals surface area contributed by atoms with Gasteiger partial charge in [0, 0.05) is 28.3 Å². The maximum atomic E-state index is 12.2. The van der Waals surface area contributed by atoms with Gasteiger partial charge in [0.2, 0.25) is 0 Å². The second-order valence-electron chi connectivity index (χ2n) is 6.14. The first-order valence-corrected chi connectivity index (χ1v) is 9.08. The number of nitro benzene ring substituents is 1. The molecule has 1 amide bonds. The van der Waals surface area contributed by atoms with Crippen molar-refractivity contribution in [2.24, 2.45) is 5.10 Å². The van der Waals surface area contributed by atoms with Gasteiger partial charge in [-0.05, 0) is 48.0 Å². The lowest BCUT2D eigenvalue weighted by atomic mass is 10.2. The molecule has 0 saturated heterocycles. The Labute approximate surface area is 176 Å². The molecule has 8 nitrogen and oxygen atoms in total. The maximum Gasteiger partial charge on any atom is 0.271 e. The molecule has 152 valence electrons. The van der Waals surface area contributed by atoms with Crippen LogP contribution in [-0.4, -0.2) is 22.2 Å². The van der Waals surface area contributed by atoms with Crippen molar-refractivity contribution in [1.29, 1.82) is 0 Å². The number of hydrogen-bond donors (Lipinski definition) is 2. The quantitative estimate of drug-likeness (QED) is 0.333. The molecule has 0 aromatic heterocycles. The van der Waals surface area contributed by atoms with Gasteiger partial charge in [0.1, 0.15) is 18.1 Å². The van der Waals surface area contributed by atoms with Crippen molar-refractivity contribution in [2.75, 3.05) is 0 Å². The molecule has 0 saturated carbocycles. The minimum atomic E-state index is -0.591. The lowest BCUT2D eigenvalue weighted by Crippen LogP contribution is -2.17. The van der Waals surface area contributed by atoms with Gasteiger partial charge in [0.25, 0.3) is 11.6 Å². The minimum Gasteiger partial charge on any atom is -0.507 e. The van der Waals surface area contributed by atoms with Gasteiger partial charge in [-0.2, -0.15) is 5.10 Å². The number of carbonyl (C=O) groups excluding carboxylic acids is 1. The summed E-state index contributed by atoms with van der Waals surface area (Å²) in [5.41, 5.74) is 3.51. The Morgan fingerprint density at radius 2 is 1.83 bits per heavy atom. The van der Waals surface area contributed by atoms with E-state index in [9.17, 15) is 20.0 Å². The Balaban J connectivity index is 1.57. The van der Waals surface area contributed by atoms with Crippen molar-refractivity contribution in [3.63, 3.8) is 0 Å². The molecule has 30 heavy (non-hydrogen) atoms. The molecule has 0 bridgehead atoms. The summed E-state index contributed by atoms with van der Waals surface area (Å²) in [4.78, 5) is 22.4. The third-order valence-electron chi connectivity index (χ3n) is 4.03. The zero-order chi connectivity index (χ0) is 21.5. The number of hydrogen-bond acceptors (Lipinski definition) is 6. The highest BCUT2D eigenvalue weighted by Gasteiger charge is 2.09. The third kappa shape index (κ3) is 5.55. The highest BCUT2D eigenvalue weighted by molar-refractivity contribution is 6.30. The van der Waals surface area contributed by atoms with Crippen LogP contribution in [0.3, 0.4) is 0 Å². The van der Waals surface area contributed by atoms with E-state index < -0.39 is 10.8 Å². The summed E-state index contributed by atoms with van der Waals surface area (Å²) >= 11 is 5.85. The fourth-order valence-electron chi connectivity index (χ4n) is 2.43. The smallest absolute Gasteiger partial charge is 0.271 e. The van der Waals surface area contributed by atoms with Gasteiger partial charge < -0.3 is 9.84 Å². The molecule has 0 aliphatic rings. The van der Waals surface area contributed by atoms with E-state index in [0.29, 0.717) is 22.9 Å². The summed E-state index contributed by atoms with van der Waals surface area (Å²) in [5, 5.41) is 24.9. The average Bonchev–Trinajstić information content (AvgIpc) is 2.74. The van der Waals surface area contributed by atoms with Crippen LogP contribution in [0.25, 0.3) is 0 Å². The summed E-state index contributed by atoms with van der Waals surface area (Å²) in [6, 6.07) is 17.2. The summed E-state index contributed by atoms with van der Waals surface area (Å²) < 4.78 is 5.66. The molecule has 3 aromatic rings. The highest BCUT2D eigenvalue weighted by atomic mass is 35.5. The Bertz CT molecular complexity index is 1080. The molecule has 3 aromatic carbocycles. The number of phenols is 1. The van der Waals surface area contributed by atoms with Crippen molar-refractivity contribution in [3.8, 4) is 11.5 Å². The molecule has 0 heterocycles. The molecule has 0 aliphatic carbocycles. The molecule has 0 atom stereocenters. The van der Waals surface area contributed by atoms with Crippen molar-refractivity contribution in [2.45, 2.75) is 6.61 Å². The topological polar surface area (TPSA) is 114 Å². The summed E-state index contributed by atoms with van der Waals surface area (Å²) in [6.07, 6.45) is 1.13. The zero-order valence-corrected chi connectivity index (χ0v) is 16.2. The highest BCUT2D eigenvalue weighted by Crippen LogP contribution is 2.21. The third-order valence-corrected chi connectivity index (χ3v) is 4.28. The van der Waals surface area contributed by atoms with Crippen LogP contribution < -0.4 is 10.2 Å². The number of hydrazone groups is 1. The first-order chi connectivity index (χ1) is 14.4. The van der Waals surface area contributed by atoms with Crippen LogP contribution in [0, 0.1) is 10.1 Å². The number of phenolic OH excluding ortho intramolecular Hbond substituents is 1. The number of rotatable bonds is 7. The molecule has 0 aliphatic heterocycles. The van der Waals surface area contributed by atoms with Gasteiger partial charge in [-0.25, -0.2) is 5.43 Å². The van der Waals surface area contributed by atoms with Crippen molar-refractivity contribution in [3.05, 3.63) is 98.6 Å². The molecular weight excluding hydrogens is 410 g/mol. The van der Waals surface area contributed by atoms with E-state index >= 15 is 0 Å². The van der Waals surface area contributed by atoms with Gasteiger partial charge >= 0.3 is 0 Å². The van der Waals surface area contributed by atoms with Crippen molar-refractivity contribution in [1.82, 2.24) is 5.43 Å². The van der Waals surface area contributed by atoms with Crippen LogP contribution in [-0.2, 0) is 6.61 Å². The lowest BCUT2D eigenvalue weighted by molar-refractivity contribution is -0.384. The van der Waals surface area contributed by atoms with Gasteiger partial charge in [0.15, 0.2) is 0 Å². The Morgan fingerprint density at radius 1 is 1.13 bits per heavy atom.